The molecule has 1 N–H and O–H groups in total. The lowest BCUT2D eigenvalue weighted by atomic mass is 9.85. The van der Waals surface area contributed by atoms with Gasteiger partial charge in [0.25, 0.3) is 0 Å². The summed E-state index contributed by atoms with van der Waals surface area (Å²) in [6.07, 6.45) is 6.15. The fourth-order valence-corrected chi connectivity index (χ4v) is 3.06. The number of likely N-dealkylation sites (N-methyl/N-ethyl adjacent to an activating group) is 1. The van der Waals surface area contributed by atoms with Crippen LogP contribution in [0.4, 0.5) is 0 Å². The Morgan fingerprint density at radius 2 is 1.57 bits per heavy atom. The highest BCUT2D eigenvalue weighted by atomic mass is 16.3. The molecule has 1 saturated heterocycles. The molecule has 0 radical (unpaired) electrons. The summed E-state index contributed by atoms with van der Waals surface area (Å²) in [5.74, 6) is 0.515. The van der Waals surface area contributed by atoms with Crippen molar-refractivity contribution in [3.8, 4) is 0 Å². The van der Waals surface area contributed by atoms with E-state index in [4.69, 9.17) is 0 Å². The van der Waals surface area contributed by atoms with Gasteiger partial charge in [-0.15, -0.1) is 0 Å². The van der Waals surface area contributed by atoms with Crippen molar-refractivity contribution in [3.05, 3.63) is 0 Å². The van der Waals surface area contributed by atoms with Crippen LogP contribution < -0.4 is 0 Å². The monoisotopic (exact) mass is 298 g/mol. The van der Waals surface area contributed by atoms with Crippen LogP contribution in [0.25, 0.3) is 0 Å². The minimum atomic E-state index is 0.366. The van der Waals surface area contributed by atoms with Gasteiger partial charge in [-0.05, 0) is 50.1 Å². The van der Waals surface area contributed by atoms with Crippen LogP contribution in [-0.4, -0.2) is 60.8 Å². The molecule has 0 aliphatic carbocycles. The molecule has 126 valence electrons. The molecule has 0 unspecified atom stereocenters. The first-order valence-corrected chi connectivity index (χ1v) is 9.00. The standard InChI is InChI=1S/C18H38N2O/c1-5-19-12-14-20(15-13-19)11-7-6-8-17(16-21)9-10-18(2,3)4/h17,21H,5-16H2,1-4H3/t17-/m0/s1. The van der Waals surface area contributed by atoms with Crippen LogP contribution in [0.3, 0.4) is 0 Å². The average Bonchev–Trinajstić information content (AvgIpc) is 2.46. The SMILES string of the molecule is CCN1CCN(CCCC[C@H](CO)CCC(C)(C)C)CC1. The number of unbranched alkanes of at least 4 members (excludes halogenated alkanes) is 1. The fraction of sp³-hybridized carbons (Fsp3) is 1.00. The molecule has 0 aromatic heterocycles. The van der Waals surface area contributed by atoms with Gasteiger partial charge in [0, 0.05) is 32.8 Å². The van der Waals surface area contributed by atoms with Crippen LogP contribution in [0.1, 0.15) is 59.8 Å². The van der Waals surface area contributed by atoms with Crippen LogP contribution in [0.15, 0.2) is 0 Å². The van der Waals surface area contributed by atoms with Crippen LogP contribution >= 0.6 is 0 Å². The van der Waals surface area contributed by atoms with Crippen LogP contribution in [0, 0.1) is 11.3 Å². The predicted octanol–water partition coefficient (Wildman–Crippen LogP) is 3.23. The van der Waals surface area contributed by atoms with E-state index in [1.54, 1.807) is 0 Å². The number of aliphatic hydroxyl groups excluding tert-OH is 1. The van der Waals surface area contributed by atoms with Crippen molar-refractivity contribution >= 4 is 0 Å². The molecule has 21 heavy (non-hydrogen) atoms. The second kappa shape index (κ2) is 9.81. The van der Waals surface area contributed by atoms with E-state index < -0.39 is 0 Å². The third-order valence-corrected chi connectivity index (χ3v) is 4.81. The summed E-state index contributed by atoms with van der Waals surface area (Å²) in [6, 6.07) is 0. The van der Waals surface area contributed by atoms with Gasteiger partial charge in [-0.2, -0.15) is 0 Å². The van der Waals surface area contributed by atoms with E-state index in [1.165, 1.54) is 71.4 Å². The smallest absolute Gasteiger partial charge is 0.0459 e. The molecule has 1 atom stereocenters. The molecule has 0 aromatic carbocycles. The van der Waals surface area contributed by atoms with E-state index in [0.29, 0.717) is 17.9 Å². The van der Waals surface area contributed by atoms with E-state index in [0.717, 1.165) is 0 Å². The Hall–Kier alpha value is -0.120. The molecular formula is C18H38N2O. The van der Waals surface area contributed by atoms with E-state index in [9.17, 15) is 5.11 Å². The Kier molecular flexibility index (Phi) is 8.84. The molecule has 3 nitrogen and oxygen atoms in total. The zero-order chi connectivity index (χ0) is 15.7. The first-order valence-electron chi connectivity index (χ1n) is 9.00. The zero-order valence-electron chi connectivity index (χ0n) is 14.9. The van der Waals surface area contributed by atoms with Crippen molar-refractivity contribution < 1.29 is 5.11 Å². The molecule has 1 rings (SSSR count). The average molecular weight is 299 g/mol. The van der Waals surface area contributed by atoms with Gasteiger partial charge in [0.05, 0.1) is 0 Å². The van der Waals surface area contributed by atoms with Crippen LogP contribution in [-0.2, 0) is 0 Å². The number of hydrogen-bond acceptors (Lipinski definition) is 3. The van der Waals surface area contributed by atoms with Crippen LogP contribution in [0.2, 0.25) is 0 Å². The zero-order valence-corrected chi connectivity index (χ0v) is 14.9. The van der Waals surface area contributed by atoms with Crippen molar-refractivity contribution in [2.24, 2.45) is 11.3 Å². The van der Waals surface area contributed by atoms with Crippen molar-refractivity contribution in [2.45, 2.75) is 59.8 Å². The maximum absolute atomic E-state index is 9.51. The normalized spacial score (nSPS) is 19.9. The summed E-state index contributed by atoms with van der Waals surface area (Å²) in [7, 11) is 0. The molecular weight excluding hydrogens is 260 g/mol. The number of hydrogen-bond donors (Lipinski definition) is 1. The molecule has 3 heteroatoms. The molecule has 1 heterocycles. The maximum Gasteiger partial charge on any atom is 0.0459 e. The summed E-state index contributed by atoms with van der Waals surface area (Å²) >= 11 is 0. The summed E-state index contributed by atoms with van der Waals surface area (Å²) in [4.78, 5) is 5.14. The lowest BCUT2D eigenvalue weighted by molar-refractivity contribution is 0.133. The van der Waals surface area contributed by atoms with Gasteiger partial charge in [0.2, 0.25) is 0 Å². The van der Waals surface area contributed by atoms with E-state index in [2.05, 4.69) is 37.5 Å². The van der Waals surface area contributed by atoms with Gasteiger partial charge in [-0.3, -0.25) is 0 Å². The molecule has 0 bridgehead atoms. The quantitative estimate of drug-likeness (QED) is 0.662. The topological polar surface area (TPSA) is 26.7 Å². The third kappa shape index (κ3) is 8.80. The van der Waals surface area contributed by atoms with Crippen molar-refractivity contribution in [2.75, 3.05) is 45.9 Å². The number of nitrogens with zero attached hydrogens (tertiary/aromatic N) is 2. The Bertz CT molecular complexity index is 254. The lowest BCUT2D eigenvalue weighted by Gasteiger charge is -2.34. The highest BCUT2D eigenvalue weighted by Crippen LogP contribution is 2.25. The van der Waals surface area contributed by atoms with Gasteiger partial charge in [0.1, 0.15) is 0 Å². The molecule has 0 saturated carbocycles. The van der Waals surface area contributed by atoms with E-state index in [1.807, 2.05) is 0 Å². The Morgan fingerprint density at radius 1 is 0.952 bits per heavy atom. The minimum Gasteiger partial charge on any atom is -0.396 e. The third-order valence-electron chi connectivity index (χ3n) is 4.81. The molecule has 1 aliphatic rings. The van der Waals surface area contributed by atoms with E-state index in [-0.39, 0.29) is 0 Å². The molecule has 0 spiro atoms. The number of aliphatic hydroxyl groups is 1. The first-order chi connectivity index (χ1) is 9.94. The molecule has 0 aromatic rings. The van der Waals surface area contributed by atoms with Gasteiger partial charge in [-0.1, -0.05) is 34.1 Å². The van der Waals surface area contributed by atoms with Gasteiger partial charge < -0.3 is 14.9 Å². The highest BCUT2D eigenvalue weighted by Gasteiger charge is 2.16. The Morgan fingerprint density at radius 3 is 2.10 bits per heavy atom. The Labute approximate surface area is 132 Å². The summed E-state index contributed by atoms with van der Waals surface area (Å²) < 4.78 is 0. The van der Waals surface area contributed by atoms with Crippen LogP contribution in [0.5, 0.6) is 0 Å². The van der Waals surface area contributed by atoms with Crippen molar-refractivity contribution in [1.29, 1.82) is 0 Å². The summed E-state index contributed by atoms with van der Waals surface area (Å²) in [5, 5.41) is 9.51. The molecule has 0 amide bonds. The van der Waals surface area contributed by atoms with Gasteiger partial charge in [0.15, 0.2) is 0 Å². The van der Waals surface area contributed by atoms with Crippen molar-refractivity contribution in [1.82, 2.24) is 9.80 Å². The summed E-state index contributed by atoms with van der Waals surface area (Å²) in [6.45, 7) is 16.9. The van der Waals surface area contributed by atoms with Gasteiger partial charge >= 0.3 is 0 Å². The minimum absolute atomic E-state index is 0.366. The molecule has 1 fully saturated rings. The van der Waals surface area contributed by atoms with E-state index >= 15 is 0 Å². The second-order valence-corrected chi connectivity index (χ2v) is 7.92. The predicted molar refractivity (Wildman–Crippen MR) is 91.7 cm³/mol. The lowest BCUT2D eigenvalue weighted by Crippen LogP contribution is -2.46. The first kappa shape index (κ1) is 18.9. The highest BCUT2D eigenvalue weighted by molar-refractivity contribution is 4.71. The number of piperazine rings is 1. The van der Waals surface area contributed by atoms with Gasteiger partial charge in [-0.25, -0.2) is 0 Å². The molecule has 1 aliphatic heterocycles. The largest absolute Gasteiger partial charge is 0.396 e. The Balaban J connectivity index is 2.07. The summed E-state index contributed by atoms with van der Waals surface area (Å²) in [5.41, 5.74) is 0.395. The fourth-order valence-electron chi connectivity index (χ4n) is 3.06. The number of rotatable bonds is 9. The second-order valence-electron chi connectivity index (χ2n) is 7.92. The van der Waals surface area contributed by atoms with Crippen molar-refractivity contribution in [3.63, 3.8) is 0 Å². The maximum atomic E-state index is 9.51.